The number of likely N-dealkylation sites (tertiary alicyclic amines) is 1. The molecule has 2 saturated heterocycles. The van der Waals surface area contributed by atoms with Crippen LogP contribution in [-0.2, 0) is 0 Å². The highest BCUT2D eigenvalue weighted by Gasteiger charge is 2.24. The molecule has 2 aromatic rings. The number of amides is 1. The summed E-state index contributed by atoms with van der Waals surface area (Å²) in [5.74, 6) is 1.65. The zero-order valence-electron chi connectivity index (χ0n) is 17.0. The van der Waals surface area contributed by atoms with Gasteiger partial charge < -0.3 is 14.7 Å². The van der Waals surface area contributed by atoms with Gasteiger partial charge in [0.25, 0.3) is 5.91 Å². The summed E-state index contributed by atoms with van der Waals surface area (Å²) >= 11 is 0. The first-order valence-electron chi connectivity index (χ1n) is 10.4. The van der Waals surface area contributed by atoms with E-state index in [9.17, 15) is 4.79 Å². The Bertz CT molecular complexity index is 829. The summed E-state index contributed by atoms with van der Waals surface area (Å²) in [6, 6.07) is 12.5. The van der Waals surface area contributed by atoms with Crippen LogP contribution in [0.4, 0.5) is 11.5 Å². The number of rotatable bonds is 3. The average molecular weight is 379 g/mol. The Morgan fingerprint density at radius 1 is 1.04 bits per heavy atom. The number of piperazine rings is 1. The van der Waals surface area contributed by atoms with E-state index >= 15 is 0 Å². The van der Waals surface area contributed by atoms with Crippen molar-refractivity contribution < 1.29 is 4.79 Å². The minimum Gasteiger partial charge on any atom is -0.368 e. The molecular weight excluding hydrogens is 348 g/mol. The van der Waals surface area contributed by atoms with E-state index in [2.05, 4.69) is 52.9 Å². The number of hydrogen-bond donors (Lipinski definition) is 0. The van der Waals surface area contributed by atoms with Gasteiger partial charge in [-0.15, -0.1) is 0 Å². The monoisotopic (exact) mass is 378 g/mol. The Balaban J connectivity index is 1.42. The minimum atomic E-state index is 0.147. The Hall–Kier alpha value is -2.56. The summed E-state index contributed by atoms with van der Waals surface area (Å²) in [5, 5.41) is 0. The standard InChI is InChI=1S/C23H30N4O/c1-18-5-3-7-21(15-18)25-11-13-26(14-12-25)22-16-20(8-9-24-22)23(28)27-10-4-6-19(2)17-27/h3,5,7-9,15-16,19H,4,6,10-14,17H2,1-2H3. The zero-order chi connectivity index (χ0) is 19.5. The maximum atomic E-state index is 12.9. The summed E-state index contributed by atoms with van der Waals surface area (Å²) in [5.41, 5.74) is 3.34. The number of pyridine rings is 1. The molecule has 0 radical (unpaired) electrons. The average Bonchev–Trinajstić information content (AvgIpc) is 2.73. The molecule has 1 amide bonds. The molecule has 148 valence electrons. The first-order valence-corrected chi connectivity index (χ1v) is 10.4. The highest BCUT2D eigenvalue weighted by Crippen LogP contribution is 2.22. The summed E-state index contributed by atoms with van der Waals surface area (Å²) in [4.78, 5) is 24.2. The summed E-state index contributed by atoms with van der Waals surface area (Å²) in [7, 11) is 0. The first kappa shape index (κ1) is 18.8. The fourth-order valence-corrected chi connectivity index (χ4v) is 4.30. The van der Waals surface area contributed by atoms with Gasteiger partial charge in [0.05, 0.1) is 0 Å². The molecule has 2 aliphatic rings. The lowest BCUT2D eigenvalue weighted by atomic mass is 9.99. The van der Waals surface area contributed by atoms with E-state index in [1.807, 2.05) is 17.0 Å². The van der Waals surface area contributed by atoms with Crippen LogP contribution in [0.3, 0.4) is 0 Å². The molecule has 1 atom stereocenters. The van der Waals surface area contributed by atoms with E-state index in [0.717, 1.165) is 57.1 Å². The van der Waals surface area contributed by atoms with Gasteiger partial charge in [0.15, 0.2) is 0 Å². The molecule has 1 aromatic heterocycles. The van der Waals surface area contributed by atoms with Gasteiger partial charge in [-0.1, -0.05) is 19.1 Å². The zero-order valence-corrected chi connectivity index (χ0v) is 17.0. The van der Waals surface area contributed by atoms with Crippen LogP contribution in [-0.4, -0.2) is 55.1 Å². The van der Waals surface area contributed by atoms with Gasteiger partial charge in [-0.2, -0.15) is 0 Å². The minimum absolute atomic E-state index is 0.147. The van der Waals surface area contributed by atoms with Gasteiger partial charge in [-0.3, -0.25) is 4.79 Å². The molecule has 4 rings (SSSR count). The van der Waals surface area contributed by atoms with Crippen molar-refractivity contribution in [2.45, 2.75) is 26.7 Å². The number of hydrogen-bond acceptors (Lipinski definition) is 4. The van der Waals surface area contributed by atoms with Crippen molar-refractivity contribution in [3.05, 3.63) is 53.7 Å². The molecule has 0 bridgehead atoms. The van der Waals surface area contributed by atoms with Crippen LogP contribution in [0.15, 0.2) is 42.6 Å². The van der Waals surface area contributed by atoms with Gasteiger partial charge in [0.1, 0.15) is 5.82 Å². The Labute approximate surface area is 168 Å². The second-order valence-corrected chi connectivity index (χ2v) is 8.21. The predicted octanol–water partition coefficient (Wildman–Crippen LogP) is 3.59. The number of benzene rings is 1. The van der Waals surface area contributed by atoms with Gasteiger partial charge >= 0.3 is 0 Å². The molecule has 2 fully saturated rings. The maximum Gasteiger partial charge on any atom is 0.254 e. The highest BCUT2D eigenvalue weighted by atomic mass is 16.2. The van der Waals surface area contributed by atoms with Crippen molar-refractivity contribution >= 4 is 17.4 Å². The third kappa shape index (κ3) is 4.13. The number of aryl methyl sites for hydroxylation is 1. The predicted molar refractivity (Wildman–Crippen MR) is 114 cm³/mol. The number of aromatic nitrogens is 1. The molecule has 0 aliphatic carbocycles. The highest BCUT2D eigenvalue weighted by molar-refractivity contribution is 5.95. The smallest absolute Gasteiger partial charge is 0.254 e. The molecular formula is C23H30N4O. The molecule has 5 heteroatoms. The fraction of sp³-hybridized carbons (Fsp3) is 0.478. The molecule has 1 unspecified atom stereocenters. The SMILES string of the molecule is Cc1cccc(N2CCN(c3cc(C(=O)N4CCCC(C)C4)ccn3)CC2)c1. The Morgan fingerprint density at radius 3 is 2.57 bits per heavy atom. The molecule has 0 N–H and O–H groups in total. The van der Waals surface area contributed by atoms with E-state index in [4.69, 9.17) is 0 Å². The number of anilines is 2. The Kier molecular flexibility index (Phi) is 5.51. The van der Waals surface area contributed by atoms with Crippen molar-refractivity contribution in [1.82, 2.24) is 9.88 Å². The van der Waals surface area contributed by atoms with Crippen molar-refractivity contribution in [1.29, 1.82) is 0 Å². The lowest BCUT2D eigenvalue weighted by Gasteiger charge is -2.37. The first-order chi connectivity index (χ1) is 13.6. The lowest BCUT2D eigenvalue weighted by Crippen LogP contribution is -2.47. The number of nitrogens with zero attached hydrogens (tertiary/aromatic N) is 4. The molecule has 2 aliphatic heterocycles. The second-order valence-electron chi connectivity index (χ2n) is 8.21. The maximum absolute atomic E-state index is 12.9. The molecule has 0 saturated carbocycles. The van der Waals surface area contributed by atoms with Crippen LogP contribution in [0.5, 0.6) is 0 Å². The van der Waals surface area contributed by atoms with Gasteiger partial charge in [0, 0.05) is 56.7 Å². The molecule has 3 heterocycles. The summed E-state index contributed by atoms with van der Waals surface area (Å²) < 4.78 is 0. The fourth-order valence-electron chi connectivity index (χ4n) is 4.30. The topological polar surface area (TPSA) is 39.7 Å². The van der Waals surface area contributed by atoms with Crippen molar-refractivity contribution in [2.75, 3.05) is 49.1 Å². The third-order valence-electron chi connectivity index (χ3n) is 5.91. The van der Waals surface area contributed by atoms with Gasteiger partial charge in [0.2, 0.25) is 0 Å². The van der Waals surface area contributed by atoms with Crippen molar-refractivity contribution in [2.24, 2.45) is 5.92 Å². The van der Waals surface area contributed by atoms with Crippen molar-refractivity contribution in [3.8, 4) is 0 Å². The Morgan fingerprint density at radius 2 is 1.82 bits per heavy atom. The van der Waals surface area contributed by atoms with E-state index in [1.165, 1.54) is 17.7 Å². The number of piperidine rings is 1. The molecule has 1 aromatic carbocycles. The summed E-state index contributed by atoms with van der Waals surface area (Å²) in [6.45, 7) is 9.86. The van der Waals surface area contributed by atoms with Crippen LogP contribution in [0.2, 0.25) is 0 Å². The number of carbonyl (C=O) groups is 1. The second kappa shape index (κ2) is 8.21. The van der Waals surface area contributed by atoms with Crippen molar-refractivity contribution in [3.63, 3.8) is 0 Å². The van der Waals surface area contributed by atoms with Crippen LogP contribution in [0.1, 0.15) is 35.7 Å². The van der Waals surface area contributed by atoms with E-state index in [-0.39, 0.29) is 5.91 Å². The normalized spacial score (nSPS) is 20.4. The third-order valence-corrected chi connectivity index (χ3v) is 5.91. The van der Waals surface area contributed by atoms with Crippen LogP contribution < -0.4 is 9.80 Å². The lowest BCUT2D eigenvalue weighted by molar-refractivity contribution is 0.0683. The quantitative estimate of drug-likeness (QED) is 0.818. The van der Waals surface area contributed by atoms with E-state index in [0.29, 0.717) is 5.92 Å². The molecule has 5 nitrogen and oxygen atoms in total. The van der Waals surface area contributed by atoms with E-state index in [1.54, 1.807) is 6.20 Å². The van der Waals surface area contributed by atoms with Crippen LogP contribution in [0, 0.1) is 12.8 Å². The van der Waals surface area contributed by atoms with Crippen LogP contribution >= 0.6 is 0 Å². The van der Waals surface area contributed by atoms with Gasteiger partial charge in [-0.25, -0.2) is 4.98 Å². The van der Waals surface area contributed by atoms with Crippen LogP contribution in [0.25, 0.3) is 0 Å². The van der Waals surface area contributed by atoms with E-state index < -0.39 is 0 Å². The number of carbonyl (C=O) groups excluding carboxylic acids is 1. The summed E-state index contributed by atoms with van der Waals surface area (Å²) in [6.07, 6.45) is 4.10. The largest absolute Gasteiger partial charge is 0.368 e. The molecule has 28 heavy (non-hydrogen) atoms. The van der Waals surface area contributed by atoms with Gasteiger partial charge in [-0.05, 0) is 55.5 Å². The molecule has 0 spiro atoms.